The summed E-state index contributed by atoms with van der Waals surface area (Å²) in [5, 5.41) is 2.92. The molecule has 1 aromatic rings. The maximum absolute atomic E-state index is 12.6. The number of benzene rings is 1. The van der Waals surface area contributed by atoms with Crippen molar-refractivity contribution in [3.05, 3.63) is 29.8 Å². The van der Waals surface area contributed by atoms with E-state index in [-0.39, 0.29) is 23.2 Å². The summed E-state index contributed by atoms with van der Waals surface area (Å²) < 4.78 is 31.5. The van der Waals surface area contributed by atoms with E-state index in [1.165, 1.54) is 11.4 Å². The maximum atomic E-state index is 12.6. The Hall–Kier alpha value is -1.93. The van der Waals surface area contributed by atoms with Gasteiger partial charge in [-0.3, -0.25) is 4.79 Å². The number of carbonyl (C=O) groups excluding carboxylic acids is 2. The molecule has 2 rings (SSSR count). The molecule has 8 heteroatoms. The molecule has 1 aromatic carbocycles. The van der Waals surface area contributed by atoms with Crippen LogP contribution in [0.3, 0.4) is 0 Å². The number of sulfonamides is 1. The van der Waals surface area contributed by atoms with E-state index in [1.54, 1.807) is 24.3 Å². The number of ether oxygens (including phenoxy) is 1. The molecule has 1 saturated carbocycles. The van der Waals surface area contributed by atoms with Crippen LogP contribution in [-0.2, 0) is 30.8 Å². The highest BCUT2D eigenvalue weighted by Gasteiger charge is 2.43. The minimum Gasteiger partial charge on any atom is -0.467 e. The van der Waals surface area contributed by atoms with Crippen LogP contribution in [-0.4, -0.2) is 50.3 Å². The van der Waals surface area contributed by atoms with Crippen molar-refractivity contribution in [3.63, 3.8) is 0 Å². The average molecular weight is 439 g/mol. The molecule has 0 aromatic heterocycles. The van der Waals surface area contributed by atoms with E-state index in [1.807, 2.05) is 13.8 Å². The Labute approximate surface area is 180 Å². The highest BCUT2D eigenvalue weighted by molar-refractivity contribution is 7.89. The normalized spacial score (nSPS) is 22.0. The lowest BCUT2D eigenvalue weighted by atomic mass is 9.77. The summed E-state index contributed by atoms with van der Waals surface area (Å²) in [6, 6.07) is 6.64. The highest BCUT2D eigenvalue weighted by Crippen LogP contribution is 2.33. The summed E-state index contributed by atoms with van der Waals surface area (Å²) in [5.74, 6) is -0.0469. The Balaban J connectivity index is 1.99. The van der Waals surface area contributed by atoms with Crippen molar-refractivity contribution < 1.29 is 22.7 Å². The zero-order valence-electron chi connectivity index (χ0n) is 18.4. The number of esters is 1. The van der Waals surface area contributed by atoms with Crippen LogP contribution in [0.25, 0.3) is 0 Å². The number of hydrogen-bond donors (Lipinski definition) is 1. The zero-order valence-corrected chi connectivity index (χ0v) is 19.3. The molecule has 0 bridgehead atoms. The molecule has 0 spiro atoms. The first-order chi connectivity index (χ1) is 14.2. The van der Waals surface area contributed by atoms with Gasteiger partial charge in [0.1, 0.15) is 5.54 Å². The van der Waals surface area contributed by atoms with E-state index >= 15 is 0 Å². The van der Waals surface area contributed by atoms with Crippen molar-refractivity contribution in [1.29, 1.82) is 0 Å². The molecule has 1 amide bonds. The van der Waals surface area contributed by atoms with Crippen molar-refractivity contribution in [2.45, 2.75) is 69.7 Å². The minimum absolute atomic E-state index is 0.199. The topological polar surface area (TPSA) is 92.8 Å². The molecule has 1 aliphatic carbocycles. The molecule has 7 nitrogen and oxygen atoms in total. The number of methoxy groups -OCH3 is 1. The largest absolute Gasteiger partial charge is 0.467 e. The minimum atomic E-state index is -3.49. The quantitative estimate of drug-likeness (QED) is 0.599. The fourth-order valence-corrected chi connectivity index (χ4v) is 5.42. The van der Waals surface area contributed by atoms with Gasteiger partial charge in [0.05, 0.1) is 12.0 Å². The van der Waals surface area contributed by atoms with Crippen molar-refractivity contribution in [2.24, 2.45) is 5.92 Å². The summed E-state index contributed by atoms with van der Waals surface area (Å²) in [4.78, 5) is 25.2. The molecule has 1 aliphatic rings. The molecule has 168 valence electrons. The summed E-state index contributed by atoms with van der Waals surface area (Å²) in [6.45, 7) is 6.60. The Kier molecular flexibility index (Phi) is 8.43. The van der Waals surface area contributed by atoms with Crippen molar-refractivity contribution in [2.75, 3.05) is 20.2 Å². The second-order valence-electron chi connectivity index (χ2n) is 8.04. The summed E-state index contributed by atoms with van der Waals surface area (Å²) in [5.41, 5.74) is -0.0620. The van der Waals surface area contributed by atoms with E-state index < -0.39 is 15.6 Å². The molecule has 30 heavy (non-hydrogen) atoms. The van der Waals surface area contributed by atoms with Crippen LogP contribution in [0.2, 0.25) is 0 Å². The van der Waals surface area contributed by atoms with Gasteiger partial charge in [-0.05, 0) is 55.7 Å². The van der Waals surface area contributed by atoms with E-state index in [0.29, 0.717) is 38.3 Å². The zero-order chi connectivity index (χ0) is 22.4. The van der Waals surface area contributed by atoms with Gasteiger partial charge < -0.3 is 10.1 Å². The van der Waals surface area contributed by atoms with Crippen molar-refractivity contribution in [3.8, 4) is 0 Å². The summed E-state index contributed by atoms with van der Waals surface area (Å²) >= 11 is 0. The van der Waals surface area contributed by atoms with E-state index in [0.717, 1.165) is 18.4 Å². The first kappa shape index (κ1) is 24.3. The van der Waals surface area contributed by atoms with Crippen LogP contribution in [0.1, 0.15) is 58.4 Å². The standard InChI is InChI=1S/C22H34N2O5S/c1-5-24(6-2)30(27,28)19-10-7-18(8-11-19)9-12-20(25)23-22(21(26)29-4)15-13-17(3)14-16-22/h7-8,10-11,17H,5-6,9,12-16H2,1-4H3,(H,23,25). The monoisotopic (exact) mass is 438 g/mol. The number of nitrogens with zero attached hydrogens (tertiary/aromatic N) is 1. The van der Waals surface area contributed by atoms with Crippen LogP contribution in [0, 0.1) is 5.92 Å². The first-order valence-electron chi connectivity index (χ1n) is 10.7. The molecule has 0 radical (unpaired) electrons. The molecular formula is C22H34N2O5S. The molecule has 0 atom stereocenters. The van der Waals surface area contributed by atoms with Gasteiger partial charge in [0.15, 0.2) is 0 Å². The summed E-state index contributed by atoms with van der Waals surface area (Å²) in [6.07, 6.45) is 3.60. The number of nitrogens with one attached hydrogen (secondary N) is 1. The van der Waals surface area contributed by atoms with Gasteiger partial charge in [0.25, 0.3) is 0 Å². The maximum Gasteiger partial charge on any atom is 0.331 e. The lowest BCUT2D eigenvalue weighted by Crippen LogP contribution is -2.56. The van der Waals surface area contributed by atoms with E-state index in [2.05, 4.69) is 12.2 Å². The Morgan fingerprint density at radius 2 is 1.70 bits per heavy atom. The van der Waals surface area contributed by atoms with Crippen LogP contribution < -0.4 is 5.32 Å². The lowest BCUT2D eigenvalue weighted by molar-refractivity contribution is -0.153. The second-order valence-corrected chi connectivity index (χ2v) is 9.98. The SMILES string of the molecule is CCN(CC)S(=O)(=O)c1ccc(CCC(=O)NC2(C(=O)OC)CCC(C)CC2)cc1. The number of carbonyl (C=O) groups is 2. The predicted molar refractivity (Wildman–Crippen MR) is 115 cm³/mol. The summed E-state index contributed by atoms with van der Waals surface area (Å²) in [7, 11) is -2.14. The molecule has 0 aliphatic heterocycles. The Bertz CT molecular complexity index is 824. The van der Waals surface area contributed by atoms with Crippen molar-refractivity contribution >= 4 is 21.9 Å². The molecule has 1 N–H and O–H groups in total. The van der Waals surface area contributed by atoms with Crippen molar-refractivity contribution in [1.82, 2.24) is 9.62 Å². The fraction of sp³-hybridized carbons (Fsp3) is 0.636. The van der Waals surface area contributed by atoms with Crippen LogP contribution in [0.5, 0.6) is 0 Å². The number of rotatable bonds is 9. The smallest absolute Gasteiger partial charge is 0.331 e. The van der Waals surface area contributed by atoms with Gasteiger partial charge >= 0.3 is 5.97 Å². The van der Waals surface area contributed by atoms with Crippen LogP contribution in [0.15, 0.2) is 29.2 Å². The lowest BCUT2D eigenvalue weighted by Gasteiger charge is -2.37. The van der Waals surface area contributed by atoms with Gasteiger partial charge in [-0.15, -0.1) is 0 Å². The second kappa shape index (κ2) is 10.4. The average Bonchev–Trinajstić information content (AvgIpc) is 2.74. The molecular weight excluding hydrogens is 404 g/mol. The van der Waals surface area contributed by atoms with E-state index in [9.17, 15) is 18.0 Å². The van der Waals surface area contributed by atoms with Gasteiger partial charge in [-0.25, -0.2) is 13.2 Å². The Morgan fingerprint density at radius 3 is 2.20 bits per heavy atom. The molecule has 0 unspecified atom stereocenters. The van der Waals surface area contributed by atoms with Gasteiger partial charge in [-0.1, -0.05) is 32.9 Å². The highest BCUT2D eigenvalue weighted by atomic mass is 32.2. The van der Waals surface area contributed by atoms with E-state index in [4.69, 9.17) is 4.74 Å². The fourth-order valence-electron chi connectivity index (χ4n) is 3.96. The third-order valence-corrected chi connectivity index (χ3v) is 8.05. The number of amides is 1. The molecule has 0 heterocycles. The predicted octanol–water partition coefficient (Wildman–Crippen LogP) is 2.89. The molecule has 1 fully saturated rings. The third kappa shape index (κ3) is 5.60. The van der Waals surface area contributed by atoms with Crippen LogP contribution >= 0.6 is 0 Å². The third-order valence-electron chi connectivity index (χ3n) is 5.99. The first-order valence-corrected chi connectivity index (χ1v) is 12.1. The molecule has 0 saturated heterocycles. The number of hydrogen-bond acceptors (Lipinski definition) is 5. The Morgan fingerprint density at radius 1 is 1.13 bits per heavy atom. The van der Waals surface area contributed by atoms with Gasteiger partial charge in [0, 0.05) is 19.5 Å². The van der Waals surface area contributed by atoms with Gasteiger partial charge in [0.2, 0.25) is 15.9 Å². The van der Waals surface area contributed by atoms with Crippen LogP contribution in [0.4, 0.5) is 0 Å². The number of aryl methyl sites for hydroxylation is 1. The van der Waals surface area contributed by atoms with Gasteiger partial charge in [-0.2, -0.15) is 4.31 Å².